The molecule has 2 aromatic rings. The first-order chi connectivity index (χ1) is 11.9. The highest BCUT2D eigenvalue weighted by molar-refractivity contribution is 5.94. The molecule has 1 heterocycles. The van der Waals surface area contributed by atoms with E-state index in [1.807, 2.05) is 0 Å². The number of likely N-dealkylation sites (tertiary alicyclic amines) is 1. The first-order valence-electron chi connectivity index (χ1n) is 8.15. The lowest BCUT2D eigenvalue weighted by molar-refractivity contribution is -0.0239. The van der Waals surface area contributed by atoms with E-state index >= 15 is 0 Å². The maximum Gasteiger partial charge on any atom is 0.264 e. The highest BCUT2D eigenvalue weighted by atomic mass is 19.3. The molecule has 1 amide bonds. The van der Waals surface area contributed by atoms with Crippen molar-refractivity contribution in [2.75, 3.05) is 18.8 Å². The summed E-state index contributed by atoms with van der Waals surface area (Å²) in [7, 11) is 0. The highest BCUT2D eigenvalue weighted by Crippen LogP contribution is 2.38. The number of nitrogens with two attached hydrogens (primary N) is 1. The third-order valence-electron chi connectivity index (χ3n) is 4.73. The molecule has 0 aliphatic carbocycles. The van der Waals surface area contributed by atoms with E-state index in [0.29, 0.717) is 24.3 Å². The fraction of sp³-hybridized carbons (Fsp3) is 0.316. The topological polar surface area (TPSA) is 66.6 Å². The van der Waals surface area contributed by atoms with Crippen LogP contribution in [-0.2, 0) is 5.60 Å². The van der Waals surface area contributed by atoms with Gasteiger partial charge in [0.1, 0.15) is 0 Å². The largest absolute Gasteiger partial charge is 0.399 e. The van der Waals surface area contributed by atoms with Gasteiger partial charge in [-0.15, -0.1) is 0 Å². The number of halogens is 2. The maximum atomic E-state index is 13.2. The molecule has 2 aromatic carbocycles. The summed E-state index contributed by atoms with van der Waals surface area (Å²) in [5.41, 5.74) is 5.48. The minimum absolute atomic E-state index is 0.149. The predicted molar refractivity (Wildman–Crippen MR) is 91.3 cm³/mol. The van der Waals surface area contributed by atoms with Gasteiger partial charge >= 0.3 is 0 Å². The molecular weight excluding hydrogens is 326 g/mol. The predicted octanol–water partition coefficient (Wildman–Crippen LogP) is 3.33. The summed E-state index contributed by atoms with van der Waals surface area (Å²) in [6.07, 6.45) is -2.20. The van der Waals surface area contributed by atoms with E-state index in [1.165, 1.54) is 12.1 Å². The Labute approximate surface area is 144 Å². The van der Waals surface area contributed by atoms with Crippen molar-refractivity contribution >= 4 is 11.6 Å². The normalized spacial score (nSPS) is 16.9. The number of benzene rings is 2. The molecule has 4 nitrogen and oxygen atoms in total. The summed E-state index contributed by atoms with van der Waals surface area (Å²) in [5.74, 6) is -0.149. The number of hydrogen-bond acceptors (Lipinski definition) is 3. The highest BCUT2D eigenvalue weighted by Gasteiger charge is 2.38. The van der Waals surface area contributed by atoms with Crippen molar-refractivity contribution in [1.82, 2.24) is 4.90 Å². The van der Waals surface area contributed by atoms with Crippen molar-refractivity contribution in [1.29, 1.82) is 0 Å². The zero-order valence-electron chi connectivity index (χ0n) is 13.7. The van der Waals surface area contributed by atoms with Crippen molar-refractivity contribution in [3.8, 4) is 0 Å². The SMILES string of the molecule is Nc1ccc(C(=O)N2CCC(O)(c3ccccc3C(F)F)CC2)cc1. The van der Waals surface area contributed by atoms with Gasteiger partial charge in [-0.1, -0.05) is 24.3 Å². The summed E-state index contributed by atoms with van der Waals surface area (Å²) in [5, 5.41) is 10.9. The fourth-order valence-electron chi connectivity index (χ4n) is 3.27. The van der Waals surface area contributed by atoms with Gasteiger partial charge in [0.2, 0.25) is 0 Å². The Balaban J connectivity index is 1.75. The number of nitrogen functional groups attached to an aromatic ring is 1. The number of aliphatic hydroxyl groups is 1. The number of carbonyl (C=O) groups excluding carboxylic acids is 1. The van der Waals surface area contributed by atoms with Crippen LogP contribution in [0.15, 0.2) is 48.5 Å². The average molecular weight is 346 g/mol. The Morgan fingerprint density at radius 2 is 1.68 bits per heavy atom. The molecule has 0 atom stereocenters. The van der Waals surface area contributed by atoms with E-state index in [4.69, 9.17) is 5.73 Å². The molecule has 0 spiro atoms. The van der Waals surface area contributed by atoms with Gasteiger partial charge in [-0.2, -0.15) is 0 Å². The fourth-order valence-corrected chi connectivity index (χ4v) is 3.27. The summed E-state index contributed by atoms with van der Waals surface area (Å²) >= 11 is 0. The zero-order chi connectivity index (χ0) is 18.0. The third-order valence-corrected chi connectivity index (χ3v) is 4.73. The molecular formula is C19H20F2N2O2. The van der Waals surface area contributed by atoms with Crippen LogP contribution in [-0.4, -0.2) is 29.0 Å². The first kappa shape index (κ1) is 17.4. The summed E-state index contributed by atoms with van der Waals surface area (Å²) < 4.78 is 26.5. The van der Waals surface area contributed by atoms with Crippen molar-refractivity contribution in [3.63, 3.8) is 0 Å². The van der Waals surface area contributed by atoms with Gasteiger partial charge in [0.05, 0.1) is 5.60 Å². The van der Waals surface area contributed by atoms with E-state index in [1.54, 1.807) is 41.3 Å². The van der Waals surface area contributed by atoms with Gasteiger partial charge in [-0.05, 0) is 42.7 Å². The van der Waals surface area contributed by atoms with E-state index < -0.39 is 12.0 Å². The number of nitrogens with zero attached hydrogens (tertiary/aromatic N) is 1. The number of piperidine rings is 1. The van der Waals surface area contributed by atoms with Gasteiger partial charge < -0.3 is 15.7 Å². The smallest absolute Gasteiger partial charge is 0.264 e. The van der Waals surface area contributed by atoms with E-state index in [9.17, 15) is 18.7 Å². The number of carbonyl (C=O) groups is 1. The second kappa shape index (κ2) is 6.80. The van der Waals surface area contributed by atoms with Crippen LogP contribution in [0.1, 0.15) is 40.8 Å². The number of hydrogen-bond donors (Lipinski definition) is 2. The van der Waals surface area contributed by atoms with Gasteiger partial charge in [0.25, 0.3) is 12.3 Å². The molecule has 3 rings (SSSR count). The standard InChI is InChI=1S/C19H20F2N2O2/c20-17(21)15-3-1-2-4-16(15)19(25)9-11-23(12-10-19)18(24)13-5-7-14(22)8-6-13/h1-8,17,25H,9-12,22H2. The zero-order valence-corrected chi connectivity index (χ0v) is 13.7. The molecule has 0 aromatic heterocycles. The van der Waals surface area contributed by atoms with Crippen molar-refractivity contribution < 1.29 is 18.7 Å². The number of anilines is 1. The van der Waals surface area contributed by atoms with Crippen LogP contribution in [0.2, 0.25) is 0 Å². The summed E-state index contributed by atoms with van der Waals surface area (Å²) in [6, 6.07) is 12.7. The summed E-state index contributed by atoms with van der Waals surface area (Å²) in [4.78, 5) is 14.1. The maximum absolute atomic E-state index is 13.2. The van der Waals surface area contributed by atoms with Crippen LogP contribution >= 0.6 is 0 Å². The molecule has 0 bridgehead atoms. The van der Waals surface area contributed by atoms with E-state index in [-0.39, 0.29) is 29.9 Å². The summed E-state index contributed by atoms with van der Waals surface area (Å²) in [6.45, 7) is 0.606. The lowest BCUT2D eigenvalue weighted by Crippen LogP contribution is -2.45. The molecule has 1 aliphatic heterocycles. The Morgan fingerprint density at radius 1 is 1.08 bits per heavy atom. The third kappa shape index (κ3) is 3.49. The molecule has 1 aliphatic rings. The van der Waals surface area contributed by atoms with Crippen molar-refractivity contribution in [3.05, 3.63) is 65.2 Å². The molecule has 6 heteroatoms. The van der Waals surface area contributed by atoms with E-state index in [0.717, 1.165) is 0 Å². The second-order valence-electron chi connectivity index (χ2n) is 6.33. The van der Waals surface area contributed by atoms with Gasteiger partial charge in [0.15, 0.2) is 0 Å². The average Bonchev–Trinajstić information content (AvgIpc) is 2.62. The molecule has 3 N–H and O–H groups in total. The van der Waals surface area contributed by atoms with Crippen molar-refractivity contribution in [2.24, 2.45) is 0 Å². The van der Waals surface area contributed by atoms with Crippen LogP contribution < -0.4 is 5.73 Å². The molecule has 0 saturated carbocycles. The Morgan fingerprint density at radius 3 is 2.28 bits per heavy atom. The Hall–Kier alpha value is -2.47. The molecule has 1 saturated heterocycles. The van der Waals surface area contributed by atoms with Crippen LogP contribution in [0.25, 0.3) is 0 Å². The Bertz CT molecular complexity index is 754. The minimum atomic E-state index is -2.64. The number of amides is 1. The van der Waals surface area contributed by atoms with Crippen LogP contribution in [0.5, 0.6) is 0 Å². The lowest BCUT2D eigenvalue weighted by Gasteiger charge is -2.39. The first-order valence-corrected chi connectivity index (χ1v) is 8.15. The quantitative estimate of drug-likeness (QED) is 0.838. The number of alkyl halides is 2. The monoisotopic (exact) mass is 346 g/mol. The van der Waals surface area contributed by atoms with E-state index in [2.05, 4.69) is 0 Å². The minimum Gasteiger partial charge on any atom is -0.399 e. The number of rotatable bonds is 3. The molecule has 0 unspecified atom stereocenters. The Kier molecular flexibility index (Phi) is 4.72. The van der Waals surface area contributed by atoms with Crippen molar-refractivity contribution in [2.45, 2.75) is 24.9 Å². The lowest BCUT2D eigenvalue weighted by atomic mass is 9.82. The van der Waals surface area contributed by atoms with Gasteiger partial charge in [-0.25, -0.2) is 8.78 Å². The second-order valence-corrected chi connectivity index (χ2v) is 6.33. The molecule has 25 heavy (non-hydrogen) atoms. The van der Waals surface area contributed by atoms with Gasteiger partial charge in [0, 0.05) is 29.9 Å². The van der Waals surface area contributed by atoms with Crippen LogP contribution in [0.4, 0.5) is 14.5 Å². The molecule has 132 valence electrons. The van der Waals surface area contributed by atoms with Crippen LogP contribution in [0.3, 0.4) is 0 Å². The van der Waals surface area contributed by atoms with Gasteiger partial charge in [-0.3, -0.25) is 4.79 Å². The molecule has 0 radical (unpaired) electrons. The van der Waals surface area contributed by atoms with Crippen LogP contribution in [0, 0.1) is 0 Å². The molecule has 1 fully saturated rings.